The Morgan fingerprint density at radius 1 is 1.14 bits per heavy atom. The molecule has 5 rings (SSSR count). The Hall–Kier alpha value is -3.94. The molecule has 234 valence electrons. The van der Waals surface area contributed by atoms with E-state index in [4.69, 9.17) is 21.1 Å². The quantitative estimate of drug-likeness (QED) is 0.269. The molecular formula is C30H35ClN6O6S. The van der Waals surface area contributed by atoms with Crippen LogP contribution in [0.2, 0.25) is 5.02 Å². The smallest absolute Gasteiger partial charge is 0.322 e. The number of methoxy groups -OCH3 is 1. The molecule has 0 aliphatic carbocycles. The monoisotopic (exact) mass is 642 g/mol. The van der Waals surface area contributed by atoms with E-state index in [1.165, 1.54) is 19.4 Å². The van der Waals surface area contributed by atoms with Crippen molar-refractivity contribution in [1.82, 2.24) is 20.2 Å². The lowest BCUT2D eigenvalue weighted by molar-refractivity contribution is -0.142. The predicted molar refractivity (Wildman–Crippen MR) is 167 cm³/mol. The second-order valence-corrected chi connectivity index (χ2v) is 14.1. The van der Waals surface area contributed by atoms with Crippen LogP contribution < -0.4 is 20.7 Å². The van der Waals surface area contributed by atoms with E-state index < -0.39 is 21.1 Å². The molecule has 0 spiro atoms. The number of fused-ring (bicyclic) bond motifs is 1. The number of hydrogen-bond donors (Lipinski definition) is 3. The summed E-state index contributed by atoms with van der Waals surface area (Å²) in [5.41, 5.74) is 2.11. The summed E-state index contributed by atoms with van der Waals surface area (Å²) in [6.07, 6.45) is 1.69. The molecule has 2 atom stereocenters. The zero-order valence-electron chi connectivity index (χ0n) is 25.0. The third-order valence-corrected chi connectivity index (χ3v) is 9.98. The summed E-state index contributed by atoms with van der Waals surface area (Å²) < 4.78 is 36.9. The average molecular weight is 643 g/mol. The van der Waals surface area contributed by atoms with Crippen LogP contribution in [0.4, 0.5) is 23.1 Å². The topological polar surface area (TPSA) is 152 Å². The molecule has 0 saturated carbocycles. The van der Waals surface area contributed by atoms with Gasteiger partial charge in [0.1, 0.15) is 16.8 Å². The fraction of sp³-hybridized carbons (Fsp3) is 0.400. The lowest BCUT2D eigenvalue weighted by atomic mass is 10.1. The largest absolute Gasteiger partial charge is 0.489 e. The molecule has 1 saturated heterocycles. The van der Waals surface area contributed by atoms with Crippen molar-refractivity contribution in [2.75, 3.05) is 24.3 Å². The molecule has 14 heteroatoms. The molecule has 2 aliphatic rings. The summed E-state index contributed by atoms with van der Waals surface area (Å²) in [5, 5.41) is 8.89. The molecule has 1 amide bonds. The summed E-state index contributed by atoms with van der Waals surface area (Å²) in [4.78, 5) is 36.2. The van der Waals surface area contributed by atoms with Gasteiger partial charge in [-0.15, -0.1) is 0 Å². The van der Waals surface area contributed by atoms with Gasteiger partial charge >= 0.3 is 5.97 Å². The highest BCUT2D eigenvalue weighted by molar-refractivity contribution is 7.92. The van der Waals surface area contributed by atoms with Gasteiger partial charge in [0.05, 0.1) is 40.9 Å². The fourth-order valence-electron chi connectivity index (χ4n) is 5.22. The van der Waals surface area contributed by atoms with Gasteiger partial charge < -0.3 is 30.3 Å². The van der Waals surface area contributed by atoms with Crippen LogP contribution in [0.25, 0.3) is 0 Å². The zero-order valence-corrected chi connectivity index (χ0v) is 26.6. The third kappa shape index (κ3) is 6.30. The summed E-state index contributed by atoms with van der Waals surface area (Å²) in [5.74, 6) is 0.348. The number of esters is 1. The van der Waals surface area contributed by atoms with Crippen molar-refractivity contribution in [3.63, 3.8) is 0 Å². The number of aromatic nitrogens is 2. The highest BCUT2D eigenvalue weighted by Gasteiger charge is 2.40. The third-order valence-electron chi connectivity index (χ3n) is 7.49. The summed E-state index contributed by atoms with van der Waals surface area (Å²) in [6, 6.07) is 9.46. The van der Waals surface area contributed by atoms with E-state index in [1.807, 2.05) is 19.9 Å². The number of carbonyl (C=O) groups is 2. The Kier molecular flexibility index (Phi) is 9.00. The van der Waals surface area contributed by atoms with Gasteiger partial charge in [-0.05, 0) is 63.9 Å². The molecule has 44 heavy (non-hydrogen) atoms. The van der Waals surface area contributed by atoms with E-state index in [0.717, 1.165) is 5.56 Å². The number of amides is 1. The van der Waals surface area contributed by atoms with E-state index in [-0.39, 0.29) is 45.7 Å². The SMILES string of the molecule is COC(=O)[C@@H]1C[C@H](N2Cc3cc(OC(C)C)c(Nc4ncc(Cl)c(Nc5ccccc5S(=O)(=O)C(C)C)n4)cc3C2=O)CN1. The van der Waals surface area contributed by atoms with Crippen LogP contribution in [0.15, 0.2) is 47.5 Å². The average Bonchev–Trinajstić information content (AvgIpc) is 3.59. The first-order chi connectivity index (χ1) is 20.9. The highest BCUT2D eigenvalue weighted by atomic mass is 35.5. The summed E-state index contributed by atoms with van der Waals surface area (Å²) in [6.45, 7) is 7.90. The van der Waals surface area contributed by atoms with Gasteiger partial charge in [-0.1, -0.05) is 23.7 Å². The van der Waals surface area contributed by atoms with Gasteiger partial charge in [0.2, 0.25) is 5.95 Å². The number of sulfone groups is 1. The van der Waals surface area contributed by atoms with E-state index in [2.05, 4.69) is 25.9 Å². The maximum absolute atomic E-state index is 13.5. The lowest BCUT2D eigenvalue weighted by Crippen LogP contribution is -2.36. The standard InChI is InChI=1S/C30H35ClN6O6S/c1-16(2)43-25-10-18-15-37(19-11-24(32-13-19)29(39)42-5)28(38)20(18)12-23(25)35-30-33-14-21(31)27(36-30)34-22-8-6-7-9-26(22)44(40,41)17(3)4/h6-10,12,14,16-17,19,24,32H,11,13,15H2,1-5H3,(H2,33,34,35,36)/t19-,24-/m0/s1. The van der Waals surface area contributed by atoms with Crippen LogP contribution in [0.1, 0.15) is 50.0 Å². The number of para-hydroxylation sites is 1. The molecule has 1 aromatic heterocycles. The Bertz CT molecular complexity index is 1700. The van der Waals surface area contributed by atoms with Crippen molar-refractivity contribution in [2.45, 2.75) is 69.0 Å². The van der Waals surface area contributed by atoms with Crippen LogP contribution in [0, 0.1) is 0 Å². The van der Waals surface area contributed by atoms with E-state index >= 15 is 0 Å². The summed E-state index contributed by atoms with van der Waals surface area (Å²) >= 11 is 6.42. The molecule has 12 nitrogen and oxygen atoms in total. The maximum atomic E-state index is 13.5. The minimum atomic E-state index is -3.59. The van der Waals surface area contributed by atoms with Gasteiger partial charge in [0, 0.05) is 24.7 Å². The Morgan fingerprint density at radius 3 is 2.59 bits per heavy atom. The fourth-order valence-corrected chi connectivity index (χ4v) is 6.56. The Morgan fingerprint density at radius 2 is 1.89 bits per heavy atom. The molecule has 1 fully saturated rings. The molecule has 0 unspecified atom stereocenters. The maximum Gasteiger partial charge on any atom is 0.322 e. The van der Waals surface area contributed by atoms with Gasteiger partial charge in [-0.2, -0.15) is 4.98 Å². The first kappa shape index (κ1) is 31.5. The van der Waals surface area contributed by atoms with E-state index in [0.29, 0.717) is 42.2 Å². The van der Waals surface area contributed by atoms with Crippen molar-refractivity contribution in [1.29, 1.82) is 0 Å². The number of anilines is 4. The second-order valence-electron chi connectivity index (χ2n) is 11.2. The van der Waals surface area contributed by atoms with Crippen LogP contribution in [-0.4, -0.2) is 72.3 Å². The number of rotatable bonds is 10. The van der Waals surface area contributed by atoms with Crippen molar-refractivity contribution in [3.8, 4) is 5.75 Å². The lowest BCUT2D eigenvalue weighted by Gasteiger charge is -2.22. The minimum Gasteiger partial charge on any atom is -0.489 e. The Balaban J connectivity index is 1.43. The van der Waals surface area contributed by atoms with Crippen molar-refractivity contribution in [2.24, 2.45) is 0 Å². The molecule has 2 aromatic carbocycles. The number of nitrogens with zero attached hydrogens (tertiary/aromatic N) is 3. The first-order valence-corrected chi connectivity index (χ1v) is 16.2. The van der Waals surface area contributed by atoms with Crippen molar-refractivity contribution in [3.05, 3.63) is 58.7 Å². The van der Waals surface area contributed by atoms with Crippen LogP contribution >= 0.6 is 11.6 Å². The first-order valence-electron chi connectivity index (χ1n) is 14.2. The normalized spacial score (nSPS) is 18.1. The van der Waals surface area contributed by atoms with Crippen molar-refractivity contribution < 1.29 is 27.5 Å². The van der Waals surface area contributed by atoms with Gasteiger partial charge in [0.25, 0.3) is 5.91 Å². The number of nitrogens with one attached hydrogen (secondary N) is 3. The number of hydrogen-bond acceptors (Lipinski definition) is 11. The Labute approximate surface area is 261 Å². The summed E-state index contributed by atoms with van der Waals surface area (Å²) in [7, 11) is -2.25. The van der Waals surface area contributed by atoms with Gasteiger partial charge in [-0.3, -0.25) is 9.59 Å². The van der Waals surface area contributed by atoms with Crippen LogP contribution in [0.3, 0.4) is 0 Å². The molecular weight excluding hydrogens is 608 g/mol. The minimum absolute atomic E-state index is 0.129. The van der Waals surface area contributed by atoms with Crippen LogP contribution in [-0.2, 0) is 25.9 Å². The van der Waals surface area contributed by atoms with E-state index in [9.17, 15) is 18.0 Å². The number of carbonyl (C=O) groups excluding carboxylic acids is 2. The molecule has 0 bridgehead atoms. The molecule has 3 N–H and O–H groups in total. The van der Waals surface area contributed by atoms with Gasteiger partial charge in [0.15, 0.2) is 15.7 Å². The molecule has 3 heterocycles. The number of ether oxygens (including phenoxy) is 2. The second kappa shape index (κ2) is 12.6. The van der Waals surface area contributed by atoms with Crippen LogP contribution in [0.5, 0.6) is 5.75 Å². The number of halogens is 1. The predicted octanol–water partition coefficient (Wildman–Crippen LogP) is 4.45. The van der Waals surface area contributed by atoms with E-state index in [1.54, 1.807) is 43.0 Å². The molecule has 2 aliphatic heterocycles. The molecule has 3 aromatic rings. The zero-order chi connectivity index (χ0) is 31.8. The van der Waals surface area contributed by atoms with Crippen molar-refractivity contribution >= 4 is 56.5 Å². The highest BCUT2D eigenvalue weighted by Crippen LogP contribution is 2.38. The number of benzene rings is 2. The molecule has 0 radical (unpaired) electrons. The van der Waals surface area contributed by atoms with Gasteiger partial charge in [-0.25, -0.2) is 13.4 Å².